The molecule has 0 unspecified atom stereocenters. The predicted octanol–water partition coefficient (Wildman–Crippen LogP) is 5.37. The highest BCUT2D eigenvalue weighted by molar-refractivity contribution is 6.22. The molecule has 31 heavy (non-hydrogen) atoms. The lowest BCUT2D eigenvalue weighted by Crippen LogP contribution is -1.91. The molecule has 0 radical (unpaired) electrons. The standard InChI is InChI=1S/C25H16N6/c1-31-28-24-20(19-12-15-7-3-5-9-18(15)22-23(19)27-30-26-22)13-16-11-10-14-6-2-4-8-17(14)21(16)25(24)29-31/h2-13H,1H3,(H,26,27,30). The van der Waals surface area contributed by atoms with E-state index in [0.717, 1.165) is 54.7 Å². The van der Waals surface area contributed by atoms with Crippen LogP contribution in [-0.2, 0) is 7.05 Å². The van der Waals surface area contributed by atoms with Crippen molar-refractivity contribution in [2.45, 2.75) is 0 Å². The van der Waals surface area contributed by atoms with Crippen LogP contribution < -0.4 is 0 Å². The Labute approximate surface area is 176 Å². The van der Waals surface area contributed by atoms with E-state index in [2.05, 4.69) is 76.1 Å². The van der Waals surface area contributed by atoms with Crippen molar-refractivity contribution in [3.63, 3.8) is 0 Å². The molecular weight excluding hydrogens is 384 g/mol. The average molecular weight is 400 g/mol. The van der Waals surface area contributed by atoms with E-state index < -0.39 is 0 Å². The highest BCUT2D eigenvalue weighted by Gasteiger charge is 2.19. The molecule has 0 spiro atoms. The van der Waals surface area contributed by atoms with Crippen LogP contribution in [0.4, 0.5) is 0 Å². The maximum atomic E-state index is 4.77. The molecule has 0 aliphatic heterocycles. The van der Waals surface area contributed by atoms with Gasteiger partial charge in [-0.1, -0.05) is 65.9 Å². The normalized spacial score (nSPS) is 12.0. The molecule has 0 aliphatic rings. The number of hydrogen-bond acceptors (Lipinski definition) is 4. The van der Waals surface area contributed by atoms with Gasteiger partial charge in [-0.2, -0.15) is 15.0 Å². The van der Waals surface area contributed by atoms with Gasteiger partial charge in [0.25, 0.3) is 0 Å². The van der Waals surface area contributed by atoms with Crippen LogP contribution >= 0.6 is 0 Å². The van der Waals surface area contributed by atoms with Gasteiger partial charge in [-0.15, -0.1) is 5.10 Å². The maximum Gasteiger partial charge on any atom is 0.122 e. The lowest BCUT2D eigenvalue weighted by Gasteiger charge is -2.10. The van der Waals surface area contributed by atoms with E-state index in [1.165, 1.54) is 10.8 Å². The number of nitrogens with one attached hydrogen (secondary N) is 1. The summed E-state index contributed by atoms with van der Waals surface area (Å²) in [7, 11) is 1.87. The summed E-state index contributed by atoms with van der Waals surface area (Å²) in [4.78, 5) is 1.65. The Bertz CT molecular complexity index is 1810. The summed E-state index contributed by atoms with van der Waals surface area (Å²) in [5, 5.41) is 28.0. The minimum Gasteiger partial charge on any atom is -0.257 e. The topological polar surface area (TPSA) is 72.3 Å². The van der Waals surface area contributed by atoms with Gasteiger partial charge < -0.3 is 0 Å². The van der Waals surface area contributed by atoms with Crippen LogP contribution in [0.15, 0.2) is 72.8 Å². The van der Waals surface area contributed by atoms with Gasteiger partial charge >= 0.3 is 0 Å². The molecule has 6 nitrogen and oxygen atoms in total. The summed E-state index contributed by atoms with van der Waals surface area (Å²) in [5.74, 6) is 0. The zero-order valence-electron chi connectivity index (χ0n) is 16.7. The third-order valence-electron chi connectivity index (χ3n) is 6.09. The minimum absolute atomic E-state index is 0.839. The van der Waals surface area contributed by atoms with E-state index in [-0.39, 0.29) is 0 Å². The lowest BCUT2D eigenvalue weighted by molar-refractivity contribution is 0.666. The van der Waals surface area contributed by atoms with Crippen LogP contribution in [0.5, 0.6) is 0 Å². The van der Waals surface area contributed by atoms with Crippen LogP contribution in [-0.4, -0.2) is 30.4 Å². The minimum atomic E-state index is 0.839. The molecule has 0 atom stereocenters. The predicted molar refractivity (Wildman–Crippen MR) is 124 cm³/mol. The highest BCUT2D eigenvalue weighted by Crippen LogP contribution is 2.40. The first-order valence-corrected chi connectivity index (χ1v) is 10.2. The van der Waals surface area contributed by atoms with Crippen molar-refractivity contribution in [1.82, 2.24) is 30.4 Å². The summed E-state index contributed by atoms with van der Waals surface area (Å²) >= 11 is 0. The Morgan fingerprint density at radius 2 is 1.35 bits per heavy atom. The lowest BCUT2D eigenvalue weighted by atomic mass is 9.93. The number of hydrogen-bond donors (Lipinski definition) is 1. The van der Waals surface area contributed by atoms with Crippen LogP contribution in [0.3, 0.4) is 0 Å². The largest absolute Gasteiger partial charge is 0.257 e. The fourth-order valence-corrected chi connectivity index (χ4v) is 4.74. The first-order valence-electron chi connectivity index (χ1n) is 10.2. The van der Waals surface area contributed by atoms with E-state index >= 15 is 0 Å². The number of fused-ring (bicyclic) bond motifs is 8. The van der Waals surface area contributed by atoms with Gasteiger partial charge in [-0.25, -0.2) is 0 Å². The van der Waals surface area contributed by atoms with Gasteiger partial charge in [0, 0.05) is 28.9 Å². The number of aromatic amines is 1. The molecule has 7 aromatic rings. The molecule has 6 heteroatoms. The Balaban J connectivity index is 1.69. The van der Waals surface area contributed by atoms with Crippen LogP contribution in [0.25, 0.3) is 65.5 Å². The Morgan fingerprint density at radius 1 is 0.677 bits per heavy atom. The summed E-state index contributed by atoms with van der Waals surface area (Å²) < 4.78 is 0. The van der Waals surface area contributed by atoms with E-state index in [0.29, 0.717) is 0 Å². The summed E-state index contributed by atoms with van der Waals surface area (Å²) in [5.41, 5.74) is 5.55. The van der Waals surface area contributed by atoms with Crippen molar-refractivity contribution in [2.75, 3.05) is 0 Å². The SMILES string of the molecule is Cn1nc2c(-c3cc4ccccc4c4[nH]nnc34)cc3ccc4ccccc4c3c2n1. The van der Waals surface area contributed by atoms with Crippen LogP contribution in [0, 0.1) is 0 Å². The number of aromatic nitrogens is 6. The molecule has 5 aromatic carbocycles. The fraction of sp³-hybridized carbons (Fsp3) is 0.0400. The molecule has 7 rings (SSSR count). The number of rotatable bonds is 1. The van der Waals surface area contributed by atoms with Gasteiger partial charge in [0.1, 0.15) is 16.6 Å². The van der Waals surface area contributed by atoms with E-state index in [1.54, 1.807) is 4.80 Å². The monoisotopic (exact) mass is 400 g/mol. The number of benzene rings is 5. The summed E-state index contributed by atoms with van der Waals surface area (Å²) in [6.45, 7) is 0. The van der Waals surface area contributed by atoms with Gasteiger partial charge in [0.15, 0.2) is 0 Å². The van der Waals surface area contributed by atoms with Crippen molar-refractivity contribution in [3.8, 4) is 11.1 Å². The third kappa shape index (κ3) is 2.21. The average Bonchev–Trinajstić information content (AvgIpc) is 3.44. The second-order valence-corrected chi connectivity index (χ2v) is 7.88. The molecule has 146 valence electrons. The molecule has 2 aromatic heterocycles. The zero-order valence-corrected chi connectivity index (χ0v) is 16.7. The van der Waals surface area contributed by atoms with Gasteiger partial charge in [0.2, 0.25) is 0 Å². The van der Waals surface area contributed by atoms with E-state index in [1.807, 2.05) is 19.2 Å². The van der Waals surface area contributed by atoms with Gasteiger partial charge in [-0.3, -0.25) is 5.10 Å². The molecular formula is C25H16N6. The molecule has 0 amide bonds. The zero-order chi connectivity index (χ0) is 20.5. The third-order valence-corrected chi connectivity index (χ3v) is 6.09. The Morgan fingerprint density at radius 3 is 2.26 bits per heavy atom. The quantitative estimate of drug-likeness (QED) is 0.376. The molecule has 0 bridgehead atoms. The molecule has 0 saturated heterocycles. The van der Waals surface area contributed by atoms with Crippen LogP contribution in [0.1, 0.15) is 0 Å². The van der Waals surface area contributed by atoms with Crippen molar-refractivity contribution in [1.29, 1.82) is 0 Å². The smallest absolute Gasteiger partial charge is 0.122 e. The number of aryl methyl sites for hydroxylation is 1. The Kier molecular flexibility index (Phi) is 3.11. The second-order valence-electron chi connectivity index (χ2n) is 7.88. The van der Waals surface area contributed by atoms with E-state index in [4.69, 9.17) is 10.2 Å². The highest BCUT2D eigenvalue weighted by atomic mass is 15.4. The summed E-state index contributed by atoms with van der Waals surface area (Å²) in [6, 6.07) is 25.4. The fourth-order valence-electron chi connectivity index (χ4n) is 4.74. The first kappa shape index (κ1) is 16.5. The molecule has 2 heterocycles. The van der Waals surface area contributed by atoms with E-state index in [9.17, 15) is 0 Å². The van der Waals surface area contributed by atoms with Crippen molar-refractivity contribution >= 4 is 54.4 Å². The van der Waals surface area contributed by atoms with Crippen molar-refractivity contribution in [2.24, 2.45) is 7.05 Å². The summed E-state index contributed by atoms with van der Waals surface area (Å²) in [6.07, 6.45) is 0. The van der Waals surface area contributed by atoms with Gasteiger partial charge in [0.05, 0.1) is 5.52 Å². The Hall–Kier alpha value is -4.32. The number of nitrogens with zero attached hydrogens (tertiary/aromatic N) is 5. The van der Waals surface area contributed by atoms with Crippen molar-refractivity contribution in [3.05, 3.63) is 72.8 Å². The maximum absolute atomic E-state index is 4.77. The number of H-pyrrole nitrogens is 1. The molecule has 0 aliphatic carbocycles. The molecule has 0 saturated carbocycles. The first-order chi connectivity index (χ1) is 15.3. The van der Waals surface area contributed by atoms with Gasteiger partial charge in [-0.05, 0) is 33.7 Å². The molecule has 0 fully saturated rings. The molecule has 1 N–H and O–H groups in total. The second kappa shape index (κ2) is 5.86. The van der Waals surface area contributed by atoms with Crippen LogP contribution in [0.2, 0.25) is 0 Å². The van der Waals surface area contributed by atoms with Crippen molar-refractivity contribution < 1.29 is 0 Å².